The number of aryl methyl sites for hydroxylation is 1. The van der Waals surface area contributed by atoms with E-state index in [1.165, 1.54) is 23.1 Å². The van der Waals surface area contributed by atoms with Crippen LogP contribution < -0.4 is 10.9 Å². The van der Waals surface area contributed by atoms with Crippen molar-refractivity contribution in [2.24, 2.45) is 0 Å². The first-order chi connectivity index (χ1) is 14.5. The predicted molar refractivity (Wildman–Crippen MR) is 126 cm³/mol. The lowest BCUT2D eigenvalue weighted by molar-refractivity contribution is -0.113. The van der Waals surface area contributed by atoms with Crippen molar-refractivity contribution in [3.8, 4) is 11.1 Å². The molecule has 0 bridgehead atoms. The fourth-order valence-electron chi connectivity index (χ4n) is 3.21. The molecule has 0 spiro atoms. The van der Waals surface area contributed by atoms with Crippen LogP contribution in [0.15, 0.2) is 58.7 Å². The third kappa shape index (κ3) is 4.32. The number of fused-ring (bicyclic) bond motifs is 1. The number of aromatic amines is 1. The van der Waals surface area contributed by atoms with Gasteiger partial charge in [-0.2, -0.15) is 0 Å². The average molecular weight is 436 g/mol. The molecule has 152 valence electrons. The van der Waals surface area contributed by atoms with E-state index in [1.54, 1.807) is 0 Å². The Morgan fingerprint density at radius 2 is 1.93 bits per heavy atom. The van der Waals surface area contributed by atoms with E-state index in [4.69, 9.17) is 0 Å². The number of hydrogen-bond donors (Lipinski definition) is 2. The summed E-state index contributed by atoms with van der Waals surface area (Å²) in [5.74, 6) is 1.26. The smallest absolute Gasteiger partial charge is 0.260 e. The van der Waals surface area contributed by atoms with Crippen LogP contribution in [0.5, 0.6) is 0 Å². The maximum absolute atomic E-state index is 12.7. The summed E-state index contributed by atoms with van der Waals surface area (Å²) in [4.78, 5) is 33.2. The monoisotopic (exact) mass is 435 g/mol. The fraction of sp³-hybridized carbons (Fsp3) is 0.174. The first-order valence-electron chi connectivity index (χ1n) is 9.52. The zero-order valence-corrected chi connectivity index (χ0v) is 18.3. The van der Waals surface area contributed by atoms with Crippen molar-refractivity contribution in [1.29, 1.82) is 0 Å². The summed E-state index contributed by atoms with van der Waals surface area (Å²) in [6.45, 7) is 4.01. The molecule has 7 heteroatoms. The number of carbonyl (C=O) groups is 1. The molecule has 30 heavy (non-hydrogen) atoms. The van der Waals surface area contributed by atoms with Gasteiger partial charge in [-0.1, -0.05) is 42.5 Å². The number of carbonyl (C=O) groups excluding carboxylic acids is 1. The van der Waals surface area contributed by atoms with E-state index in [-0.39, 0.29) is 17.2 Å². The number of nitrogens with zero attached hydrogens (tertiary/aromatic N) is 1. The van der Waals surface area contributed by atoms with E-state index in [0.717, 1.165) is 27.9 Å². The van der Waals surface area contributed by atoms with E-state index in [0.29, 0.717) is 21.8 Å². The first kappa shape index (κ1) is 20.4. The van der Waals surface area contributed by atoms with Crippen LogP contribution in [0.25, 0.3) is 21.3 Å². The minimum absolute atomic E-state index is 0.0698. The normalized spacial score (nSPS) is 11.0. The summed E-state index contributed by atoms with van der Waals surface area (Å²) < 4.78 is 0. The third-order valence-corrected chi connectivity index (χ3v) is 6.74. The Morgan fingerprint density at radius 1 is 1.13 bits per heavy atom. The molecule has 0 saturated heterocycles. The Balaban J connectivity index is 1.43. The van der Waals surface area contributed by atoms with Crippen LogP contribution in [0, 0.1) is 13.8 Å². The van der Waals surface area contributed by atoms with Crippen molar-refractivity contribution in [3.05, 3.63) is 81.2 Å². The summed E-state index contributed by atoms with van der Waals surface area (Å²) in [6.07, 6.45) is 0. The molecule has 2 aromatic carbocycles. The second-order valence-electron chi connectivity index (χ2n) is 7.00. The quantitative estimate of drug-likeness (QED) is 0.440. The predicted octanol–water partition coefficient (Wildman–Crippen LogP) is 5.14. The highest BCUT2D eigenvalue weighted by Gasteiger charge is 2.13. The maximum Gasteiger partial charge on any atom is 0.260 e. The highest BCUT2D eigenvalue weighted by Crippen LogP contribution is 2.30. The van der Waals surface area contributed by atoms with Crippen LogP contribution in [0.4, 0.5) is 5.69 Å². The number of H-pyrrole nitrogens is 1. The van der Waals surface area contributed by atoms with Crippen LogP contribution in [-0.2, 0) is 10.5 Å². The van der Waals surface area contributed by atoms with Crippen molar-refractivity contribution >= 4 is 44.9 Å². The van der Waals surface area contributed by atoms with E-state index >= 15 is 0 Å². The van der Waals surface area contributed by atoms with Crippen LogP contribution in [0.2, 0.25) is 0 Å². The standard InChI is InChI=1S/C23H21N3O2S2/c1-14-7-6-10-18(15(14)2)24-20(27)13-29-12-19-25-22(28)21-17(11-30-23(21)26-19)16-8-4-3-5-9-16/h3-11H,12-13H2,1-2H3,(H,24,27)(H,25,26,28). The third-order valence-electron chi connectivity index (χ3n) is 4.93. The number of anilines is 1. The number of nitrogens with one attached hydrogen (secondary N) is 2. The number of thioether (sulfide) groups is 1. The Labute approximate surface area is 182 Å². The van der Waals surface area contributed by atoms with Gasteiger partial charge in [0.2, 0.25) is 5.91 Å². The SMILES string of the molecule is Cc1cccc(NC(=O)CSCc2nc3scc(-c4ccccc4)c3c(=O)[nH]2)c1C. The Bertz CT molecular complexity index is 1260. The van der Waals surface area contributed by atoms with Crippen LogP contribution in [0.3, 0.4) is 0 Å². The molecule has 0 aliphatic rings. The molecule has 0 radical (unpaired) electrons. The Kier molecular flexibility index (Phi) is 6.01. The van der Waals surface area contributed by atoms with Gasteiger partial charge < -0.3 is 10.3 Å². The highest BCUT2D eigenvalue weighted by atomic mass is 32.2. The van der Waals surface area contributed by atoms with Crippen LogP contribution >= 0.6 is 23.1 Å². The zero-order chi connectivity index (χ0) is 21.1. The molecule has 4 rings (SSSR count). The van der Waals surface area contributed by atoms with Gasteiger partial charge in [-0.05, 0) is 36.6 Å². The maximum atomic E-state index is 12.7. The fourth-order valence-corrected chi connectivity index (χ4v) is 4.86. The van der Waals surface area contributed by atoms with Gasteiger partial charge in [-0.25, -0.2) is 4.98 Å². The van der Waals surface area contributed by atoms with Gasteiger partial charge in [-0.15, -0.1) is 23.1 Å². The summed E-state index contributed by atoms with van der Waals surface area (Å²) in [5, 5.41) is 5.54. The largest absolute Gasteiger partial charge is 0.325 e. The van der Waals surface area contributed by atoms with Crippen molar-refractivity contribution < 1.29 is 4.79 Å². The summed E-state index contributed by atoms with van der Waals surface area (Å²) in [5.41, 5.74) is 4.80. The lowest BCUT2D eigenvalue weighted by Crippen LogP contribution is -2.16. The highest BCUT2D eigenvalue weighted by molar-refractivity contribution is 7.99. The van der Waals surface area contributed by atoms with Gasteiger partial charge >= 0.3 is 0 Å². The van der Waals surface area contributed by atoms with Crippen molar-refractivity contribution in [3.63, 3.8) is 0 Å². The molecule has 0 atom stereocenters. The molecule has 2 heterocycles. The molecule has 1 amide bonds. The van der Waals surface area contributed by atoms with Crippen molar-refractivity contribution in [2.75, 3.05) is 11.1 Å². The van der Waals surface area contributed by atoms with Crippen molar-refractivity contribution in [1.82, 2.24) is 9.97 Å². The van der Waals surface area contributed by atoms with Gasteiger partial charge in [0.25, 0.3) is 5.56 Å². The molecule has 0 fully saturated rings. The number of benzene rings is 2. The van der Waals surface area contributed by atoms with E-state index in [1.807, 2.05) is 67.8 Å². The van der Waals surface area contributed by atoms with Gasteiger partial charge in [0.15, 0.2) is 0 Å². The molecule has 0 unspecified atom stereocenters. The number of thiophene rings is 1. The first-order valence-corrected chi connectivity index (χ1v) is 11.6. The van der Waals surface area contributed by atoms with E-state index in [9.17, 15) is 9.59 Å². The molecular formula is C23H21N3O2S2. The molecule has 5 nitrogen and oxygen atoms in total. The average Bonchev–Trinajstić information content (AvgIpc) is 3.17. The molecule has 2 aromatic heterocycles. The van der Waals surface area contributed by atoms with Crippen LogP contribution in [-0.4, -0.2) is 21.6 Å². The number of aromatic nitrogens is 2. The van der Waals surface area contributed by atoms with Gasteiger partial charge in [-0.3, -0.25) is 9.59 Å². The lowest BCUT2D eigenvalue weighted by Gasteiger charge is -2.10. The van der Waals surface area contributed by atoms with E-state index < -0.39 is 0 Å². The van der Waals surface area contributed by atoms with Gasteiger partial charge in [0.05, 0.1) is 16.9 Å². The summed E-state index contributed by atoms with van der Waals surface area (Å²) >= 11 is 2.89. The topological polar surface area (TPSA) is 74.8 Å². The van der Waals surface area contributed by atoms with Gasteiger partial charge in [0.1, 0.15) is 10.7 Å². The zero-order valence-electron chi connectivity index (χ0n) is 16.7. The number of hydrogen-bond acceptors (Lipinski definition) is 5. The Hall–Kier alpha value is -2.90. The molecule has 0 aliphatic carbocycles. The second kappa shape index (κ2) is 8.85. The minimum Gasteiger partial charge on any atom is -0.325 e. The van der Waals surface area contributed by atoms with E-state index in [2.05, 4.69) is 15.3 Å². The second-order valence-corrected chi connectivity index (χ2v) is 8.84. The van der Waals surface area contributed by atoms with Gasteiger partial charge in [0, 0.05) is 16.6 Å². The molecule has 0 saturated carbocycles. The minimum atomic E-state index is -0.143. The summed E-state index contributed by atoms with van der Waals surface area (Å²) in [7, 11) is 0. The lowest BCUT2D eigenvalue weighted by atomic mass is 10.1. The molecule has 2 N–H and O–H groups in total. The number of amides is 1. The number of rotatable bonds is 6. The molecular weight excluding hydrogens is 414 g/mol. The molecule has 0 aliphatic heterocycles. The summed E-state index contributed by atoms with van der Waals surface area (Å²) in [6, 6.07) is 15.7. The Morgan fingerprint density at radius 3 is 2.73 bits per heavy atom. The van der Waals surface area contributed by atoms with Crippen molar-refractivity contribution in [2.45, 2.75) is 19.6 Å². The van der Waals surface area contributed by atoms with Crippen LogP contribution in [0.1, 0.15) is 17.0 Å². The molecule has 4 aromatic rings.